The van der Waals surface area contributed by atoms with Gasteiger partial charge in [-0.1, -0.05) is 0 Å². The van der Waals surface area contributed by atoms with Gasteiger partial charge >= 0.3 is 6.03 Å². The van der Waals surface area contributed by atoms with Crippen LogP contribution in [0.15, 0.2) is 23.1 Å². The number of hydrogen-bond donors (Lipinski definition) is 3. The molecule has 1 aromatic rings. The van der Waals surface area contributed by atoms with E-state index in [0.29, 0.717) is 5.75 Å². The van der Waals surface area contributed by atoms with Gasteiger partial charge in [-0.05, 0) is 32.9 Å². The van der Waals surface area contributed by atoms with Crippen molar-refractivity contribution in [3.8, 4) is 5.75 Å². The number of sulfonamides is 1. The number of benzene rings is 1. The van der Waals surface area contributed by atoms with Crippen molar-refractivity contribution in [3.63, 3.8) is 0 Å². The molecule has 0 aliphatic heterocycles. The maximum atomic E-state index is 12.1. The van der Waals surface area contributed by atoms with E-state index in [0.717, 1.165) is 0 Å². The molecule has 0 unspecified atom stereocenters. The zero-order chi connectivity index (χ0) is 15.6. The zero-order valence-corrected chi connectivity index (χ0v) is 12.7. The topological polar surface area (TPSA) is 111 Å². The molecule has 0 radical (unpaired) electrons. The molecule has 0 aliphatic carbocycles. The molecule has 0 spiro atoms. The Hall–Kier alpha value is -1.96. The fraction of sp³-hybridized carbons (Fsp3) is 0.417. The van der Waals surface area contributed by atoms with Gasteiger partial charge in [0.05, 0.1) is 12.8 Å². The fourth-order valence-electron chi connectivity index (χ4n) is 1.44. The van der Waals surface area contributed by atoms with E-state index < -0.39 is 21.6 Å². The van der Waals surface area contributed by atoms with E-state index in [9.17, 15) is 13.2 Å². The number of amides is 2. The lowest BCUT2D eigenvalue weighted by Crippen LogP contribution is -2.48. The summed E-state index contributed by atoms with van der Waals surface area (Å²) in [6.07, 6.45) is 0. The minimum absolute atomic E-state index is 0.000378. The third kappa shape index (κ3) is 4.30. The van der Waals surface area contributed by atoms with E-state index in [4.69, 9.17) is 10.5 Å². The predicted octanol–water partition coefficient (Wildman–Crippen LogP) is 1.06. The first-order valence-electron chi connectivity index (χ1n) is 5.83. The second-order valence-electron chi connectivity index (χ2n) is 5.21. The van der Waals surface area contributed by atoms with Gasteiger partial charge in [0, 0.05) is 11.6 Å². The van der Waals surface area contributed by atoms with Crippen molar-refractivity contribution < 1.29 is 17.9 Å². The Morgan fingerprint density at radius 3 is 2.35 bits per heavy atom. The second kappa shape index (κ2) is 5.58. The van der Waals surface area contributed by atoms with Gasteiger partial charge in [0.2, 0.25) is 0 Å². The van der Waals surface area contributed by atoms with E-state index in [-0.39, 0.29) is 10.6 Å². The van der Waals surface area contributed by atoms with E-state index in [1.165, 1.54) is 25.3 Å². The van der Waals surface area contributed by atoms with Crippen molar-refractivity contribution in [2.45, 2.75) is 31.2 Å². The Morgan fingerprint density at radius 2 is 1.90 bits per heavy atom. The summed E-state index contributed by atoms with van der Waals surface area (Å²) in [5.74, 6) is 0.431. The molecule has 0 saturated heterocycles. The Balaban J connectivity index is 2.97. The van der Waals surface area contributed by atoms with Gasteiger partial charge in [0.15, 0.2) is 0 Å². The van der Waals surface area contributed by atoms with Crippen LogP contribution in [-0.4, -0.2) is 27.1 Å². The largest absolute Gasteiger partial charge is 0.497 e. The minimum atomic E-state index is -4.03. The molecule has 4 N–H and O–H groups in total. The average Bonchev–Trinajstić information content (AvgIpc) is 2.24. The Kier molecular flexibility index (Phi) is 4.49. The normalized spacial score (nSPS) is 11.8. The molecule has 0 saturated carbocycles. The molecule has 0 aliphatic rings. The predicted molar refractivity (Wildman–Crippen MR) is 76.0 cm³/mol. The number of anilines is 1. The van der Waals surface area contributed by atoms with Crippen molar-refractivity contribution >= 4 is 21.7 Å². The van der Waals surface area contributed by atoms with Crippen LogP contribution in [0, 0.1) is 0 Å². The molecule has 7 nitrogen and oxygen atoms in total. The monoisotopic (exact) mass is 301 g/mol. The van der Waals surface area contributed by atoms with Gasteiger partial charge in [-0.3, -0.25) is 0 Å². The van der Waals surface area contributed by atoms with Crippen molar-refractivity contribution in [1.82, 2.24) is 10.0 Å². The highest BCUT2D eigenvalue weighted by molar-refractivity contribution is 7.90. The van der Waals surface area contributed by atoms with Crippen LogP contribution >= 0.6 is 0 Å². The number of rotatable bonds is 3. The van der Waals surface area contributed by atoms with E-state index in [1.807, 2.05) is 4.72 Å². The number of carbonyl (C=O) groups excluding carboxylic acids is 1. The molecule has 0 heterocycles. The molecule has 1 rings (SSSR count). The molecule has 112 valence electrons. The number of nitrogens with two attached hydrogens (primary N) is 1. The molecule has 20 heavy (non-hydrogen) atoms. The molecule has 0 bridgehead atoms. The van der Waals surface area contributed by atoms with Gasteiger partial charge in [0.25, 0.3) is 10.0 Å². The van der Waals surface area contributed by atoms with Crippen molar-refractivity contribution in [3.05, 3.63) is 18.2 Å². The Morgan fingerprint density at radius 1 is 1.30 bits per heavy atom. The third-order valence-electron chi connectivity index (χ3n) is 2.22. The van der Waals surface area contributed by atoms with E-state index in [2.05, 4.69) is 5.32 Å². The van der Waals surface area contributed by atoms with E-state index >= 15 is 0 Å². The molecule has 0 atom stereocenters. The summed E-state index contributed by atoms with van der Waals surface area (Å²) >= 11 is 0. The highest BCUT2D eigenvalue weighted by Crippen LogP contribution is 2.23. The number of nitrogen functional groups attached to an aromatic ring is 1. The zero-order valence-electron chi connectivity index (χ0n) is 11.9. The summed E-state index contributed by atoms with van der Waals surface area (Å²) in [5.41, 5.74) is 5.10. The maximum absolute atomic E-state index is 12.1. The number of ether oxygens (including phenoxy) is 1. The summed E-state index contributed by atoms with van der Waals surface area (Å²) in [6.45, 7) is 5.21. The maximum Gasteiger partial charge on any atom is 0.329 e. The summed E-state index contributed by atoms with van der Waals surface area (Å²) in [7, 11) is -2.59. The number of carbonyl (C=O) groups is 1. The smallest absolute Gasteiger partial charge is 0.329 e. The van der Waals surface area contributed by atoms with Gasteiger partial charge < -0.3 is 15.8 Å². The van der Waals surface area contributed by atoms with Crippen molar-refractivity contribution in [1.29, 1.82) is 0 Å². The first-order chi connectivity index (χ1) is 9.05. The second-order valence-corrected chi connectivity index (χ2v) is 6.86. The minimum Gasteiger partial charge on any atom is -0.497 e. The van der Waals surface area contributed by atoms with Crippen molar-refractivity contribution in [2.75, 3.05) is 12.8 Å². The number of hydrogen-bond acceptors (Lipinski definition) is 5. The van der Waals surface area contributed by atoms with Crippen LogP contribution in [0.2, 0.25) is 0 Å². The summed E-state index contributed by atoms with van der Waals surface area (Å²) in [5, 5.41) is 2.49. The lowest BCUT2D eigenvalue weighted by molar-refractivity contribution is 0.237. The average molecular weight is 301 g/mol. The van der Waals surface area contributed by atoms with Crippen molar-refractivity contribution in [2.24, 2.45) is 0 Å². The standard InChI is InChI=1S/C12H19N3O4S/c1-12(2,3)14-11(16)15-20(17,18)10-6-5-8(19-4)7-9(10)13/h5-7H,13H2,1-4H3,(H2,14,15,16). The SMILES string of the molecule is COc1ccc(S(=O)(=O)NC(=O)NC(C)(C)C)c(N)c1. The van der Waals surface area contributed by atoms with Gasteiger partial charge in [-0.2, -0.15) is 0 Å². The first-order valence-corrected chi connectivity index (χ1v) is 7.32. The quantitative estimate of drug-likeness (QED) is 0.723. The first kappa shape index (κ1) is 16.1. The van der Waals surface area contributed by atoms with Crippen LogP contribution in [0.25, 0.3) is 0 Å². The fourth-order valence-corrected chi connectivity index (χ4v) is 2.46. The van der Waals surface area contributed by atoms with Gasteiger partial charge in [-0.25, -0.2) is 17.9 Å². The van der Waals surface area contributed by atoms with E-state index in [1.54, 1.807) is 20.8 Å². The molecular weight excluding hydrogens is 282 g/mol. The van der Waals surface area contributed by atoms with Gasteiger partial charge in [-0.15, -0.1) is 0 Å². The van der Waals surface area contributed by atoms with Crippen LogP contribution in [0.3, 0.4) is 0 Å². The van der Waals surface area contributed by atoms with Crippen LogP contribution in [0.1, 0.15) is 20.8 Å². The molecular formula is C12H19N3O4S. The number of urea groups is 1. The number of methoxy groups -OCH3 is 1. The summed E-state index contributed by atoms with van der Waals surface area (Å²) < 4.78 is 31.0. The lowest BCUT2D eigenvalue weighted by atomic mass is 10.1. The Bertz CT molecular complexity index is 606. The van der Waals surface area contributed by atoms with Crippen LogP contribution in [0.4, 0.5) is 10.5 Å². The Labute approximate surface area is 118 Å². The highest BCUT2D eigenvalue weighted by atomic mass is 32.2. The molecule has 0 fully saturated rings. The van der Waals surface area contributed by atoms with Crippen LogP contribution in [0.5, 0.6) is 5.75 Å². The third-order valence-corrected chi connectivity index (χ3v) is 3.63. The molecule has 2 amide bonds. The molecule has 8 heteroatoms. The highest BCUT2D eigenvalue weighted by Gasteiger charge is 2.23. The van der Waals surface area contributed by atoms with Crippen LogP contribution in [-0.2, 0) is 10.0 Å². The molecule has 1 aromatic carbocycles. The summed E-state index contributed by atoms with van der Waals surface area (Å²) in [4.78, 5) is 11.4. The van der Waals surface area contributed by atoms with Crippen LogP contribution < -0.4 is 20.5 Å². The molecule has 0 aromatic heterocycles. The lowest BCUT2D eigenvalue weighted by Gasteiger charge is -2.20. The summed E-state index contributed by atoms with van der Waals surface area (Å²) in [6, 6.07) is 3.29. The number of nitrogens with one attached hydrogen (secondary N) is 2. The van der Waals surface area contributed by atoms with Gasteiger partial charge in [0.1, 0.15) is 10.6 Å².